The Labute approximate surface area is 106 Å². The summed E-state index contributed by atoms with van der Waals surface area (Å²) in [6.45, 7) is 6.69. The smallest absolute Gasteiger partial charge is 0.0712 e. The van der Waals surface area contributed by atoms with Crippen LogP contribution in [0.5, 0.6) is 0 Å². The van der Waals surface area contributed by atoms with E-state index >= 15 is 0 Å². The van der Waals surface area contributed by atoms with E-state index in [9.17, 15) is 0 Å². The van der Waals surface area contributed by atoms with Gasteiger partial charge in [-0.3, -0.25) is 4.90 Å². The molecule has 2 saturated heterocycles. The Balaban J connectivity index is 1.82. The minimum Gasteiger partial charge on any atom is -0.377 e. The van der Waals surface area contributed by atoms with Crippen LogP contribution in [0.3, 0.4) is 0 Å². The molecular weight excluding hydrogens is 209 g/mol. The minimum atomic E-state index is 0.397. The Morgan fingerprint density at radius 2 is 2.06 bits per heavy atom. The number of hydrogen-bond acceptors (Lipinski definition) is 2. The van der Waals surface area contributed by atoms with Crippen LogP contribution in [0.15, 0.2) is 0 Å². The highest BCUT2D eigenvalue weighted by atomic mass is 16.5. The first-order valence-electron chi connectivity index (χ1n) is 7.34. The fraction of sp³-hybridized carbons (Fsp3) is 1.00. The zero-order valence-corrected chi connectivity index (χ0v) is 11.0. The monoisotopic (exact) mass is 233 g/mol. The van der Waals surface area contributed by atoms with E-state index in [4.69, 9.17) is 12.6 Å². The van der Waals surface area contributed by atoms with Crippen molar-refractivity contribution in [2.75, 3.05) is 26.3 Å². The van der Waals surface area contributed by atoms with Gasteiger partial charge in [0.1, 0.15) is 0 Å². The molecule has 2 heterocycles. The zero-order valence-electron chi connectivity index (χ0n) is 11.0. The topological polar surface area (TPSA) is 12.5 Å². The molecule has 0 N–H and O–H groups in total. The van der Waals surface area contributed by atoms with Gasteiger partial charge in [-0.15, -0.1) is 0 Å². The van der Waals surface area contributed by atoms with Gasteiger partial charge in [-0.2, -0.15) is 0 Å². The summed E-state index contributed by atoms with van der Waals surface area (Å²) in [7, 11) is 5.81. The van der Waals surface area contributed by atoms with E-state index in [0.717, 1.165) is 37.3 Å². The predicted octanol–water partition coefficient (Wildman–Crippen LogP) is 2.10. The van der Waals surface area contributed by atoms with Gasteiger partial charge in [0.05, 0.1) is 26.6 Å². The fourth-order valence-corrected chi connectivity index (χ4v) is 4.35. The van der Waals surface area contributed by atoms with Crippen LogP contribution in [0.25, 0.3) is 0 Å². The van der Waals surface area contributed by atoms with Crippen LogP contribution < -0.4 is 0 Å². The Morgan fingerprint density at radius 3 is 2.53 bits per heavy atom. The van der Waals surface area contributed by atoms with Gasteiger partial charge in [0, 0.05) is 0 Å². The predicted molar refractivity (Wildman–Crippen MR) is 70.3 cm³/mol. The molecule has 0 aromatic heterocycles. The molecule has 2 atom stereocenters. The van der Waals surface area contributed by atoms with Gasteiger partial charge in [0.15, 0.2) is 0 Å². The third-order valence-corrected chi connectivity index (χ3v) is 5.28. The molecule has 3 rings (SSSR count). The van der Waals surface area contributed by atoms with Crippen molar-refractivity contribution < 1.29 is 4.74 Å². The quantitative estimate of drug-likeness (QED) is 0.689. The minimum absolute atomic E-state index is 0.397. The third kappa shape index (κ3) is 1.86. The average Bonchev–Trinajstić information content (AvgIpc) is 3.10. The maximum absolute atomic E-state index is 5.81. The van der Waals surface area contributed by atoms with Crippen molar-refractivity contribution in [2.24, 2.45) is 17.8 Å². The third-order valence-electron chi connectivity index (χ3n) is 5.28. The number of ether oxygens (including phenoxy) is 1. The molecular formula is C14H24BNO. The lowest BCUT2D eigenvalue weighted by atomic mass is 9.64. The van der Waals surface area contributed by atoms with Crippen molar-refractivity contribution in [2.45, 2.75) is 44.5 Å². The average molecular weight is 233 g/mol. The fourth-order valence-electron chi connectivity index (χ4n) is 4.35. The molecule has 1 spiro atoms. The summed E-state index contributed by atoms with van der Waals surface area (Å²) in [6.07, 6.45) is 6.33. The van der Waals surface area contributed by atoms with E-state index in [-0.39, 0.29) is 0 Å². The molecule has 2 unspecified atom stereocenters. The van der Waals surface area contributed by atoms with Crippen molar-refractivity contribution in [3.63, 3.8) is 0 Å². The molecule has 17 heavy (non-hydrogen) atoms. The lowest BCUT2D eigenvalue weighted by molar-refractivity contribution is -0.201. The van der Waals surface area contributed by atoms with Crippen molar-refractivity contribution in [3.8, 4) is 0 Å². The number of rotatable bonds is 4. The van der Waals surface area contributed by atoms with Crippen LogP contribution in [0.2, 0.25) is 6.32 Å². The number of nitrogens with zero attached hydrogens (tertiary/aromatic N) is 1. The number of likely N-dealkylation sites (N-methyl/N-ethyl adjacent to an activating group) is 1. The van der Waals surface area contributed by atoms with E-state index in [1.165, 1.54) is 38.8 Å². The van der Waals surface area contributed by atoms with E-state index in [0.29, 0.717) is 5.54 Å². The van der Waals surface area contributed by atoms with Crippen molar-refractivity contribution in [1.82, 2.24) is 4.90 Å². The van der Waals surface area contributed by atoms with Crippen LogP contribution in [0, 0.1) is 17.8 Å². The van der Waals surface area contributed by atoms with E-state index in [1.54, 1.807) is 0 Å². The van der Waals surface area contributed by atoms with Crippen LogP contribution in [-0.4, -0.2) is 44.6 Å². The van der Waals surface area contributed by atoms with Gasteiger partial charge < -0.3 is 4.74 Å². The maximum Gasteiger partial charge on any atom is 0.0712 e. The Kier molecular flexibility index (Phi) is 3.25. The normalized spacial score (nSPS) is 37.0. The second kappa shape index (κ2) is 4.58. The van der Waals surface area contributed by atoms with E-state index in [1.807, 2.05) is 0 Å². The number of hydrogen-bond donors (Lipinski definition) is 0. The Hall–Kier alpha value is -0.0151. The van der Waals surface area contributed by atoms with Crippen molar-refractivity contribution in [1.29, 1.82) is 0 Å². The molecule has 0 bridgehead atoms. The molecule has 0 aromatic carbocycles. The van der Waals surface area contributed by atoms with E-state index < -0.39 is 0 Å². The summed E-state index contributed by atoms with van der Waals surface area (Å²) in [5, 5.41) is 0. The molecule has 3 aliphatic rings. The standard InChI is InChI=1S/C14H24BNO/c1-2-16-8-6-12(5-7-15)13(11-3-4-11)14(16)9-17-10-14/h11-13H,2-10H2,1H3. The molecule has 2 radical (unpaired) electrons. The largest absolute Gasteiger partial charge is 0.377 e. The molecule has 3 heteroatoms. The highest BCUT2D eigenvalue weighted by Gasteiger charge is 2.58. The van der Waals surface area contributed by atoms with Crippen LogP contribution in [0.4, 0.5) is 0 Å². The Bertz CT molecular complexity index is 275. The lowest BCUT2D eigenvalue weighted by Gasteiger charge is -2.59. The summed E-state index contributed by atoms with van der Waals surface area (Å²) in [4.78, 5) is 2.70. The summed E-state index contributed by atoms with van der Waals surface area (Å²) in [6, 6.07) is 0. The van der Waals surface area contributed by atoms with Crippen molar-refractivity contribution in [3.05, 3.63) is 0 Å². The van der Waals surface area contributed by atoms with Gasteiger partial charge in [0.2, 0.25) is 0 Å². The second-order valence-corrected chi connectivity index (χ2v) is 6.17. The van der Waals surface area contributed by atoms with Crippen molar-refractivity contribution >= 4 is 7.85 Å². The highest BCUT2D eigenvalue weighted by molar-refractivity contribution is 6.08. The molecule has 94 valence electrons. The molecule has 0 aromatic rings. The summed E-state index contributed by atoms with van der Waals surface area (Å²) >= 11 is 0. The highest BCUT2D eigenvalue weighted by Crippen LogP contribution is 2.54. The van der Waals surface area contributed by atoms with E-state index in [2.05, 4.69) is 11.8 Å². The molecule has 1 saturated carbocycles. The molecule has 2 aliphatic heterocycles. The lowest BCUT2D eigenvalue weighted by Crippen LogP contribution is -2.70. The molecule has 1 aliphatic carbocycles. The molecule has 3 fully saturated rings. The second-order valence-electron chi connectivity index (χ2n) is 6.17. The first-order chi connectivity index (χ1) is 8.31. The summed E-state index contributed by atoms with van der Waals surface area (Å²) in [5.41, 5.74) is 0.397. The maximum atomic E-state index is 5.81. The first-order valence-corrected chi connectivity index (χ1v) is 7.34. The molecule has 2 nitrogen and oxygen atoms in total. The van der Waals surface area contributed by atoms with Gasteiger partial charge in [0.25, 0.3) is 0 Å². The summed E-state index contributed by atoms with van der Waals surface area (Å²) < 4.78 is 5.61. The van der Waals surface area contributed by atoms with Gasteiger partial charge in [-0.25, -0.2) is 0 Å². The summed E-state index contributed by atoms with van der Waals surface area (Å²) in [5.74, 6) is 2.71. The van der Waals surface area contributed by atoms with Gasteiger partial charge >= 0.3 is 0 Å². The first kappa shape index (κ1) is 12.0. The zero-order chi connectivity index (χ0) is 11.9. The molecule has 0 amide bonds. The Morgan fingerprint density at radius 1 is 1.29 bits per heavy atom. The number of piperidine rings is 1. The van der Waals surface area contributed by atoms with Gasteiger partial charge in [-0.05, 0) is 50.1 Å². The van der Waals surface area contributed by atoms with Gasteiger partial charge in [-0.1, -0.05) is 19.7 Å². The number of likely N-dealkylation sites (tertiary alicyclic amines) is 1. The van der Waals surface area contributed by atoms with Crippen LogP contribution in [0.1, 0.15) is 32.6 Å². The SMILES string of the molecule is [B]CCC1CCN(CC)C2(COC2)C1C1CC1. The van der Waals surface area contributed by atoms with Crippen LogP contribution >= 0.6 is 0 Å². The van der Waals surface area contributed by atoms with Crippen LogP contribution in [-0.2, 0) is 4.74 Å².